The molecule has 0 aliphatic rings. The van der Waals surface area contributed by atoms with E-state index in [-0.39, 0.29) is 0 Å². The van der Waals surface area contributed by atoms with Gasteiger partial charge in [0.05, 0.1) is 0 Å². The Morgan fingerprint density at radius 1 is 1.46 bits per heavy atom. The molecule has 0 spiro atoms. The molecule has 0 aliphatic carbocycles. The Morgan fingerprint density at radius 2 is 2.31 bits per heavy atom. The molecule has 0 fully saturated rings. The van der Waals surface area contributed by atoms with Crippen LogP contribution in [0.2, 0.25) is 5.22 Å². The second-order valence-electron chi connectivity index (χ2n) is 2.76. The lowest BCUT2D eigenvalue weighted by molar-refractivity contribution is -0.107. The number of hydrogen-bond donors (Lipinski definition) is 0. The van der Waals surface area contributed by atoms with Crippen molar-refractivity contribution in [2.45, 2.75) is 6.42 Å². The van der Waals surface area contributed by atoms with Gasteiger partial charge in [-0.15, -0.1) is 0 Å². The van der Waals surface area contributed by atoms with Gasteiger partial charge in [0.25, 0.3) is 0 Å². The lowest BCUT2D eigenvalue weighted by Crippen LogP contribution is -1.84. The Bertz CT molecular complexity index is 445. The van der Waals surface area contributed by atoms with Gasteiger partial charge in [-0.2, -0.15) is 0 Å². The molecule has 0 saturated heterocycles. The van der Waals surface area contributed by atoms with E-state index in [1.165, 1.54) is 0 Å². The van der Waals surface area contributed by atoms with Gasteiger partial charge in [0, 0.05) is 23.4 Å². The van der Waals surface area contributed by atoms with Gasteiger partial charge in [-0.3, -0.25) is 0 Å². The van der Waals surface area contributed by atoms with Crippen LogP contribution in [0.1, 0.15) is 5.56 Å². The molecule has 13 heavy (non-hydrogen) atoms. The van der Waals surface area contributed by atoms with Gasteiger partial charge >= 0.3 is 0 Å². The first-order valence-electron chi connectivity index (χ1n) is 3.92. The first-order chi connectivity index (χ1) is 6.31. The number of halogens is 1. The number of aldehydes is 1. The Labute approximate surface area is 80.1 Å². The SMILES string of the molecule is O=CCc1cccc2cc(Cl)oc12. The van der Waals surface area contributed by atoms with Crippen molar-refractivity contribution in [2.24, 2.45) is 0 Å². The molecule has 1 aromatic carbocycles. The van der Waals surface area contributed by atoms with Crippen LogP contribution in [0.5, 0.6) is 0 Å². The Kier molecular flexibility index (Phi) is 2.07. The first kappa shape index (κ1) is 8.32. The van der Waals surface area contributed by atoms with Crippen molar-refractivity contribution >= 4 is 28.9 Å². The number of furan rings is 1. The molecule has 2 nitrogen and oxygen atoms in total. The van der Waals surface area contributed by atoms with Crippen LogP contribution in [0, 0.1) is 0 Å². The zero-order valence-corrected chi connectivity index (χ0v) is 7.54. The summed E-state index contributed by atoms with van der Waals surface area (Å²) in [5, 5.41) is 1.29. The lowest BCUT2D eigenvalue weighted by atomic mass is 10.1. The van der Waals surface area contributed by atoms with Crippen LogP contribution in [0.25, 0.3) is 11.0 Å². The fourth-order valence-electron chi connectivity index (χ4n) is 1.34. The highest BCUT2D eigenvalue weighted by Gasteiger charge is 2.05. The summed E-state index contributed by atoms with van der Waals surface area (Å²) in [7, 11) is 0. The number of para-hydroxylation sites is 1. The molecule has 3 heteroatoms. The molecular formula is C10H7ClO2. The summed E-state index contributed by atoms with van der Waals surface area (Å²) >= 11 is 5.70. The summed E-state index contributed by atoms with van der Waals surface area (Å²) in [6, 6.07) is 7.38. The molecule has 2 rings (SSSR count). The molecule has 66 valence electrons. The fraction of sp³-hybridized carbons (Fsp3) is 0.100. The maximum absolute atomic E-state index is 10.4. The van der Waals surface area contributed by atoms with Gasteiger partial charge in [-0.1, -0.05) is 18.2 Å². The Morgan fingerprint density at radius 3 is 3.08 bits per heavy atom. The average molecular weight is 195 g/mol. The van der Waals surface area contributed by atoms with E-state index >= 15 is 0 Å². The van der Waals surface area contributed by atoms with Gasteiger partial charge in [-0.25, -0.2) is 0 Å². The monoisotopic (exact) mass is 194 g/mol. The zero-order valence-electron chi connectivity index (χ0n) is 6.79. The van der Waals surface area contributed by atoms with Crippen molar-refractivity contribution in [3.63, 3.8) is 0 Å². The zero-order chi connectivity index (χ0) is 9.26. The third kappa shape index (κ3) is 1.45. The molecule has 1 heterocycles. The molecule has 2 aromatic rings. The van der Waals surface area contributed by atoms with Crippen LogP contribution >= 0.6 is 11.6 Å². The van der Waals surface area contributed by atoms with Gasteiger partial charge in [0.15, 0.2) is 5.22 Å². The molecule has 0 saturated carbocycles. The minimum absolute atomic E-state index is 0.355. The summed E-state index contributed by atoms with van der Waals surface area (Å²) in [5.74, 6) is 0. The van der Waals surface area contributed by atoms with Crippen LogP contribution in [0.15, 0.2) is 28.7 Å². The summed E-state index contributed by atoms with van der Waals surface area (Å²) in [6.45, 7) is 0. The topological polar surface area (TPSA) is 30.2 Å². The van der Waals surface area contributed by atoms with Crippen molar-refractivity contribution < 1.29 is 9.21 Å². The van der Waals surface area contributed by atoms with Crippen molar-refractivity contribution in [3.8, 4) is 0 Å². The minimum Gasteiger partial charge on any atom is -0.444 e. The van der Waals surface area contributed by atoms with E-state index in [9.17, 15) is 4.79 Å². The van der Waals surface area contributed by atoms with Crippen molar-refractivity contribution in [3.05, 3.63) is 35.0 Å². The second-order valence-corrected chi connectivity index (χ2v) is 3.13. The minimum atomic E-state index is 0.355. The van der Waals surface area contributed by atoms with E-state index in [4.69, 9.17) is 16.0 Å². The molecule has 0 atom stereocenters. The summed E-state index contributed by atoms with van der Waals surface area (Å²) in [4.78, 5) is 10.4. The number of carbonyl (C=O) groups excluding carboxylic acids is 1. The molecule has 0 bridgehead atoms. The molecule has 1 aromatic heterocycles. The maximum Gasteiger partial charge on any atom is 0.194 e. The molecule has 0 aliphatic heterocycles. The number of benzene rings is 1. The van der Waals surface area contributed by atoms with Gasteiger partial charge in [0.2, 0.25) is 0 Å². The lowest BCUT2D eigenvalue weighted by Gasteiger charge is -1.94. The predicted octanol–water partition coefficient (Wildman–Crippen LogP) is 2.83. The van der Waals surface area contributed by atoms with Crippen molar-refractivity contribution in [1.29, 1.82) is 0 Å². The predicted molar refractivity (Wildman–Crippen MR) is 51.0 cm³/mol. The standard InChI is InChI=1S/C10H7ClO2/c11-9-6-8-3-1-2-7(4-5-12)10(8)13-9/h1-3,5-6H,4H2. The number of fused-ring (bicyclic) bond motifs is 1. The molecule has 0 radical (unpaired) electrons. The fourth-order valence-corrected chi connectivity index (χ4v) is 1.54. The quantitative estimate of drug-likeness (QED) is 0.689. The first-order valence-corrected chi connectivity index (χ1v) is 4.29. The maximum atomic E-state index is 10.4. The van der Waals surface area contributed by atoms with Gasteiger partial charge < -0.3 is 9.21 Å². The van der Waals surface area contributed by atoms with E-state index in [1.54, 1.807) is 6.07 Å². The van der Waals surface area contributed by atoms with Crippen LogP contribution in [-0.4, -0.2) is 6.29 Å². The molecule has 0 N–H and O–H groups in total. The highest BCUT2D eigenvalue weighted by atomic mass is 35.5. The van der Waals surface area contributed by atoms with E-state index in [1.807, 2.05) is 18.2 Å². The van der Waals surface area contributed by atoms with Gasteiger partial charge in [0.1, 0.15) is 11.9 Å². The molecular weight excluding hydrogens is 188 g/mol. The van der Waals surface area contributed by atoms with E-state index in [0.717, 1.165) is 17.2 Å². The number of rotatable bonds is 2. The van der Waals surface area contributed by atoms with E-state index in [2.05, 4.69) is 0 Å². The van der Waals surface area contributed by atoms with Crippen molar-refractivity contribution in [1.82, 2.24) is 0 Å². The number of carbonyl (C=O) groups is 1. The van der Waals surface area contributed by atoms with E-state index < -0.39 is 0 Å². The third-order valence-corrected chi connectivity index (χ3v) is 2.09. The number of hydrogen-bond acceptors (Lipinski definition) is 2. The molecule has 0 unspecified atom stereocenters. The normalized spacial score (nSPS) is 10.5. The van der Waals surface area contributed by atoms with Crippen LogP contribution < -0.4 is 0 Å². The van der Waals surface area contributed by atoms with Crippen LogP contribution in [0.3, 0.4) is 0 Å². The smallest absolute Gasteiger partial charge is 0.194 e. The van der Waals surface area contributed by atoms with Crippen molar-refractivity contribution in [2.75, 3.05) is 0 Å². The third-order valence-electron chi connectivity index (χ3n) is 1.90. The Balaban J connectivity index is 2.67. The second kappa shape index (κ2) is 3.23. The summed E-state index contributed by atoms with van der Waals surface area (Å²) < 4.78 is 5.26. The highest BCUT2D eigenvalue weighted by molar-refractivity contribution is 6.29. The van der Waals surface area contributed by atoms with Gasteiger partial charge in [-0.05, 0) is 11.6 Å². The highest BCUT2D eigenvalue weighted by Crippen LogP contribution is 2.25. The van der Waals surface area contributed by atoms with Crippen LogP contribution in [0.4, 0.5) is 0 Å². The molecule has 0 amide bonds. The summed E-state index contributed by atoms with van der Waals surface area (Å²) in [5.41, 5.74) is 1.58. The average Bonchev–Trinajstić information content (AvgIpc) is 2.47. The Hall–Kier alpha value is -1.28. The largest absolute Gasteiger partial charge is 0.444 e. The summed E-state index contributed by atoms with van der Waals surface area (Å²) in [6.07, 6.45) is 1.21. The van der Waals surface area contributed by atoms with E-state index in [0.29, 0.717) is 17.2 Å². The van der Waals surface area contributed by atoms with Crippen LogP contribution in [-0.2, 0) is 11.2 Å².